The number of carbonyl (C=O) groups excluding carboxylic acids is 3. The van der Waals surface area contributed by atoms with Gasteiger partial charge in [0.25, 0.3) is 0 Å². The predicted octanol–water partition coefficient (Wildman–Crippen LogP) is 0.0426. The zero-order chi connectivity index (χ0) is 16.7. The number of thioether (sulfide) groups is 1. The minimum Gasteiger partial charge on any atom is -0.462 e. The van der Waals surface area contributed by atoms with Crippen molar-refractivity contribution in [2.75, 3.05) is 24.2 Å². The fraction of sp³-hybridized carbons (Fsp3) is 0.357. The highest BCUT2D eigenvalue weighted by Crippen LogP contribution is 2.12. The maximum Gasteiger partial charge on any atom is 0.338 e. The Balaban J connectivity index is 1.78. The smallest absolute Gasteiger partial charge is 0.338 e. The normalized spacial score (nSPS) is 17.3. The number of hydrogen-bond donors (Lipinski definition) is 4. The lowest BCUT2D eigenvalue weighted by Crippen LogP contribution is -2.58. The van der Waals surface area contributed by atoms with Crippen LogP contribution < -0.4 is 21.5 Å². The van der Waals surface area contributed by atoms with Crippen molar-refractivity contribution in [2.24, 2.45) is 0 Å². The van der Waals surface area contributed by atoms with Gasteiger partial charge in [0, 0.05) is 5.69 Å². The van der Waals surface area contributed by atoms with Crippen LogP contribution in [0.15, 0.2) is 24.3 Å². The van der Waals surface area contributed by atoms with Crippen molar-refractivity contribution in [3.8, 4) is 0 Å². The molecule has 0 aliphatic carbocycles. The topological polar surface area (TPSA) is 109 Å². The van der Waals surface area contributed by atoms with Gasteiger partial charge < -0.3 is 15.4 Å². The lowest BCUT2D eigenvalue weighted by atomic mass is 10.2. The van der Waals surface area contributed by atoms with Crippen molar-refractivity contribution >= 4 is 35.2 Å². The van der Waals surface area contributed by atoms with E-state index in [1.165, 1.54) is 11.8 Å². The van der Waals surface area contributed by atoms with Crippen LogP contribution in [0.3, 0.4) is 0 Å². The zero-order valence-corrected chi connectivity index (χ0v) is 13.4. The number of hydrazine groups is 1. The summed E-state index contributed by atoms with van der Waals surface area (Å²) in [5.41, 5.74) is 6.24. The summed E-state index contributed by atoms with van der Waals surface area (Å²) in [6.07, 6.45) is 0. The lowest BCUT2D eigenvalue weighted by Gasteiger charge is -2.24. The SMILES string of the molecule is CCOC(=O)c1ccc(NC(=O)CSC2NNCC(=O)N2)cc1. The first-order chi connectivity index (χ1) is 11.1. The summed E-state index contributed by atoms with van der Waals surface area (Å²) in [5, 5.41) is 5.40. The van der Waals surface area contributed by atoms with Crippen molar-refractivity contribution in [1.82, 2.24) is 16.2 Å². The van der Waals surface area contributed by atoms with E-state index in [0.29, 0.717) is 17.9 Å². The summed E-state index contributed by atoms with van der Waals surface area (Å²) in [4.78, 5) is 34.6. The van der Waals surface area contributed by atoms with Crippen LogP contribution in [0, 0.1) is 0 Å². The average molecular weight is 338 g/mol. The molecule has 2 amide bonds. The van der Waals surface area contributed by atoms with Crippen LogP contribution >= 0.6 is 11.8 Å². The molecule has 2 rings (SSSR count). The molecule has 9 heteroatoms. The second-order valence-corrected chi connectivity index (χ2v) is 5.70. The molecule has 8 nitrogen and oxygen atoms in total. The zero-order valence-electron chi connectivity index (χ0n) is 12.5. The third-order valence-corrected chi connectivity index (χ3v) is 3.83. The van der Waals surface area contributed by atoms with Crippen LogP contribution in [0.5, 0.6) is 0 Å². The summed E-state index contributed by atoms with van der Waals surface area (Å²) in [6, 6.07) is 6.45. The molecule has 1 aromatic rings. The molecule has 1 fully saturated rings. The number of nitrogens with one attached hydrogen (secondary N) is 4. The Hall–Kier alpha value is -2.10. The molecular weight excluding hydrogens is 320 g/mol. The summed E-state index contributed by atoms with van der Waals surface area (Å²) in [7, 11) is 0. The molecular formula is C14H18N4O4S. The fourth-order valence-corrected chi connectivity index (χ4v) is 2.57. The first kappa shape index (κ1) is 17.3. The highest BCUT2D eigenvalue weighted by atomic mass is 32.2. The maximum atomic E-state index is 11.9. The Morgan fingerprint density at radius 1 is 1.35 bits per heavy atom. The quantitative estimate of drug-likeness (QED) is 0.542. The predicted molar refractivity (Wildman–Crippen MR) is 86.6 cm³/mol. The number of hydrogen-bond acceptors (Lipinski definition) is 7. The molecule has 1 unspecified atom stereocenters. The fourth-order valence-electron chi connectivity index (χ4n) is 1.80. The largest absolute Gasteiger partial charge is 0.462 e. The molecule has 1 aromatic carbocycles. The molecule has 0 spiro atoms. The Morgan fingerprint density at radius 3 is 2.74 bits per heavy atom. The van der Waals surface area contributed by atoms with Gasteiger partial charge in [-0.15, -0.1) is 11.8 Å². The molecule has 1 heterocycles. The number of esters is 1. The van der Waals surface area contributed by atoms with Gasteiger partial charge in [-0.3, -0.25) is 9.59 Å². The monoisotopic (exact) mass is 338 g/mol. The van der Waals surface area contributed by atoms with Crippen molar-refractivity contribution < 1.29 is 19.1 Å². The summed E-state index contributed by atoms with van der Waals surface area (Å²) < 4.78 is 4.89. The van der Waals surface area contributed by atoms with Gasteiger partial charge >= 0.3 is 5.97 Å². The molecule has 0 saturated carbocycles. The highest BCUT2D eigenvalue weighted by molar-refractivity contribution is 8.00. The average Bonchev–Trinajstić information content (AvgIpc) is 2.54. The van der Waals surface area contributed by atoms with Crippen LogP contribution in [0.25, 0.3) is 0 Å². The van der Waals surface area contributed by atoms with E-state index in [4.69, 9.17) is 4.74 Å². The molecule has 1 saturated heterocycles. The van der Waals surface area contributed by atoms with Crippen LogP contribution in [0.2, 0.25) is 0 Å². The number of rotatable bonds is 6. The van der Waals surface area contributed by atoms with Crippen LogP contribution in [0.1, 0.15) is 17.3 Å². The third-order valence-electron chi connectivity index (χ3n) is 2.84. The van der Waals surface area contributed by atoms with E-state index < -0.39 is 5.97 Å². The molecule has 4 N–H and O–H groups in total. The van der Waals surface area contributed by atoms with Gasteiger partial charge in [0.05, 0.1) is 24.5 Å². The van der Waals surface area contributed by atoms with Crippen molar-refractivity contribution in [3.63, 3.8) is 0 Å². The van der Waals surface area contributed by atoms with Gasteiger partial charge in [-0.25, -0.2) is 15.6 Å². The van der Waals surface area contributed by atoms with E-state index in [2.05, 4.69) is 21.5 Å². The van der Waals surface area contributed by atoms with Gasteiger partial charge in [-0.1, -0.05) is 0 Å². The lowest BCUT2D eigenvalue weighted by molar-refractivity contribution is -0.122. The standard InChI is InChI=1S/C14H18N4O4S/c1-2-22-13(21)9-3-5-10(6-4-9)16-12(20)8-23-14-17-11(19)7-15-18-14/h3-6,14-15,18H,2,7-8H2,1H3,(H,16,20)(H,17,19). The maximum absolute atomic E-state index is 11.9. The van der Waals surface area contributed by atoms with Gasteiger partial charge in [0.1, 0.15) is 5.50 Å². The summed E-state index contributed by atoms with van der Waals surface area (Å²) in [6.45, 7) is 2.26. The van der Waals surface area contributed by atoms with E-state index in [-0.39, 0.29) is 29.6 Å². The van der Waals surface area contributed by atoms with E-state index in [1.807, 2.05) is 0 Å². The summed E-state index contributed by atoms with van der Waals surface area (Å²) in [5.74, 6) is -0.566. The van der Waals surface area contributed by atoms with Gasteiger partial charge in [-0.05, 0) is 31.2 Å². The minimum atomic E-state index is -0.396. The number of carbonyl (C=O) groups is 3. The first-order valence-corrected chi connectivity index (χ1v) is 8.09. The second-order valence-electron chi connectivity index (χ2n) is 4.60. The van der Waals surface area contributed by atoms with E-state index in [1.54, 1.807) is 31.2 Å². The second kappa shape index (κ2) is 8.51. The van der Waals surface area contributed by atoms with Gasteiger partial charge in [-0.2, -0.15) is 0 Å². The third kappa shape index (κ3) is 5.55. The molecule has 23 heavy (non-hydrogen) atoms. The Kier molecular flexibility index (Phi) is 6.39. The Morgan fingerprint density at radius 2 is 2.09 bits per heavy atom. The van der Waals surface area contributed by atoms with Crippen molar-refractivity contribution in [3.05, 3.63) is 29.8 Å². The first-order valence-electron chi connectivity index (χ1n) is 7.05. The number of anilines is 1. The Labute approximate surface area is 137 Å². The van der Waals surface area contributed by atoms with Crippen molar-refractivity contribution in [1.29, 1.82) is 0 Å². The van der Waals surface area contributed by atoms with E-state index >= 15 is 0 Å². The molecule has 0 aromatic heterocycles. The molecule has 1 aliphatic rings. The van der Waals surface area contributed by atoms with Crippen LogP contribution in [-0.4, -0.2) is 42.2 Å². The van der Waals surface area contributed by atoms with Crippen LogP contribution in [0.4, 0.5) is 5.69 Å². The molecule has 1 aliphatic heterocycles. The molecule has 0 radical (unpaired) electrons. The van der Waals surface area contributed by atoms with E-state index in [9.17, 15) is 14.4 Å². The van der Waals surface area contributed by atoms with Crippen molar-refractivity contribution in [2.45, 2.75) is 12.4 Å². The minimum absolute atomic E-state index is 0.129. The molecule has 124 valence electrons. The van der Waals surface area contributed by atoms with Gasteiger partial charge in [0.2, 0.25) is 11.8 Å². The van der Waals surface area contributed by atoms with Gasteiger partial charge in [0.15, 0.2) is 0 Å². The number of amides is 2. The van der Waals surface area contributed by atoms with Crippen LogP contribution in [-0.2, 0) is 14.3 Å². The number of ether oxygens (including phenoxy) is 1. The molecule has 0 bridgehead atoms. The molecule has 1 atom stereocenters. The summed E-state index contributed by atoms with van der Waals surface area (Å²) >= 11 is 1.25. The van der Waals surface area contributed by atoms with E-state index in [0.717, 1.165) is 0 Å². The highest BCUT2D eigenvalue weighted by Gasteiger charge is 2.18. The number of benzene rings is 1. The Bertz CT molecular complexity index is 579.